The molecule has 0 fully saturated rings. The highest BCUT2D eigenvalue weighted by Gasteiger charge is 2.28. The molecule has 5 rings (SSSR count). The summed E-state index contributed by atoms with van der Waals surface area (Å²) in [5.74, 6) is 1.58. The van der Waals surface area contributed by atoms with Crippen LogP contribution in [0.4, 0.5) is 5.69 Å². The van der Waals surface area contributed by atoms with Crippen molar-refractivity contribution in [1.29, 1.82) is 0 Å². The van der Waals surface area contributed by atoms with E-state index in [1.165, 1.54) is 11.1 Å². The second-order valence-corrected chi connectivity index (χ2v) is 6.27. The minimum atomic E-state index is -0.0724. The molecule has 0 aliphatic carbocycles. The molecule has 0 spiro atoms. The number of hydrogen-bond donors (Lipinski definition) is 1. The van der Waals surface area contributed by atoms with Crippen LogP contribution in [0.3, 0.4) is 0 Å². The van der Waals surface area contributed by atoms with Gasteiger partial charge in [-0.2, -0.15) is 5.10 Å². The Morgan fingerprint density at radius 2 is 1.96 bits per heavy atom. The fourth-order valence-electron chi connectivity index (χ4n) is 3.49. The summed E-state index contributed by atoms with van der Waals surface area (Å²) in [6.45, 7) is 4.43. The van der Waals surface area contributed by atoms with Gasteiger partial charge in [0, 0.05) is 16.8 Å². The predicted octanol–water partition coefficient (Wildman–Crippen LogP) is 3.87. The average molecular weight is 319 g/mol. The van der Waals surface area contributed by atoms with Crippen LogP contribution in [0.2, 0.25) is 0 Å². The first kappa shape index (κ1) is 13.5. The highest BCUT2D eigenvalue weighted by atomic mass is 16.7. The van der Waals surface area contributed by atoms with Gasteiger partial charge < -0.3 is 14.8 Å². The van der Waals surface area contributed by atoms with Gasteiger partial charge in [-0.25, -0.2) is 4.68 Å². The number of nitrogens with one attached hydrogen (secondary N) is 1. The van der Waals surface area contributed by atoms with Crippen LogP contribution in [-0.4, -0.2) is 16.6 Å². The third kappa shape index (κ3) is 1.84. The SMILES string of the molecule is Cc1cc2n(n1)[C@@H](c1ccc3c(c1)OCO3)Nc1c(C)cccc1-2. The van der Waals surface area contributed by atoms with Crippen LogP contribution in [0.5, 0.6) is 11.5 Å². The van der Waals surface area contributed by atoms with Crippen LogP contribution in [0.25, 0.3) is 11.3 Å². The Balaban J connectivity index is 1.69. The Hall–Kier alpha value is -2.95. The van der Waals surface area contributed by atoms with Crippen LogP contribution in [0, 0.1) is 13.8 Å². The normalized spacial score (nSPS) is 17.2. The molecule has 2 aliphatic rings. The quantitative estimate of drug-likeness (QED) is 0.740. The lowest BCUT2D eigenvalue weighted by molar-refractivity contribution is 0.174. The van der Waals surface area contributed by atoms with E-state index in [0.717, 1.165) is 34.1 Å². The standard InChI is InChI=1S/C19H17N3O2/c1-11-4-3-5-14-15-8-12(2)21-22(15)19(20-18(11)14)13-6-7-16-17(9-13)24-10-23-16/h3-9,19-20H,10H2,1-2H3/t19-/m0/s1. The van der Waals surface area contributed by atoms with E-state index in [0.29, 0.717) is 0 Å². The molecule has 0 amide bonds. The molecule has 5 heteroatoms. The number of nitrogens with zero attached hydrogens (tertiary/aromatic N) is 2. The van der Waals surface area contributed by atoms with E-state index in [2.05, 4.69) is 47.3 Å². The highest BCUT2D eigenvalue weighted by Crippen LogP contribution is 2.42. The molecule has 1 N–H and O–H groups in total. The zero-order valence-corrected chi connectivity index (χ0v) is 13.5. The van der Waals surface area contributed by atoms with Crippen LogP contribution in [-0.2, 0) is 0 Å². The summed E-state index contributed by atoms with van der Waals surface area (Å²) in [7, 11) is 0. The zero-order valence-electron chi connectivity index (χ0n) is 13.5. The predicted molar refractivity (Wildman–Crippen MR) is 91.5 cm³/mol. The van der Waals surface area contributed by atoms with E-state index in [-0.39, 0.29) is 13.0 Å². The number of aromatic nitrogens is 2. The fourth-order valence-corrected chi connectivity index (χ4v) is 3.49. The topological polar surface area (TPSA) is 48.3 Å². The van der Waals surface area contributed by atoms with Gasteiger partial charge >= 0.3 is 0 Å². The van der Waals surface area contributed by atoms with E-state index >= 15 is 0 Å². The molecule has 5 nitrogen and oxygen atoms in total. The second kappa shape index (κ2) is 4.77. The van der Waals surface area contributed by atoms with Gasteiger partial charge in [0.05, 0.1) is 11.4 Å². The van der Waals surface area contributed by atoms with Gasteiger partial charge in [-0.3, -0.25) is 0 Å². The van der Waals surface area contributed by atoms with Crippen LogP contribution in [0.1, 0.15) is 23.0 Å². The van der Waals surface area contributed by atoms with Crippen molar-refractivity contribution in [3.05, 3.63) is 59.3 Å². The summed E-state index contributed by atoms with van der Waals surface area (Å²) in [4.78, 5) is 0. The van der Waals surface area contributed by atoms with Crippen molar-refractivity contribution in [3.8, 4) is 22.8 Å². The van der Waals surface area contributed by atoms with Crippen molar-refractivity contribution in [3.63, 3.8) is 0 Å². The minimum Gasteiger partial charge on any atom is -0.454 e. The number of rotatable bonds is 1. The largest absolute Gasteiger partial charge is 0.454 e. The lowest BCUT2D eigenvalue weighted by atomic mass is 10.0. The molecule has 0 bridgehead atoms. The molecule has 3 aromatic rings. The minimum absolute atomic E-state index is 0.0724. The maximum atomic E-state index is 5.54. The molecule has 1 atom stereocenters. The third-order valence-corrected chi connectivity index (χ3v) is 4.64. The molecule has 0 unspecified atom stereocenters. The number of anilines is 1. The van der Waals surface area contributed by atoms with Gasteiger partial charge in [-0.1, -0.05) is 24.3 Å². The van der Waals surface area contributed by atoms with Crippen LogP contribution in [0.15, 0.2) is 42.5 Å². The number of hydrogen-bond acceptors (Lipinski definition) is 4. The molecular formula is C19H17N3O2. The van der Waals surface area contributed by atoms with Crippen LogP contribution < -0.4 is 14.8 Å². The number of benzene rings is 2. The smallest absolute Gasteiger partial charge is 0.231 e. The molecule has 3 heterocycles. The number of aryl methyl sites for hydroxylation is 2. The zero-order chi connectivity index (χ0) is 16.3. The first-order valence-electron chi connectivity index (χ1n) is 8.03. The maximum Gasteiger partial charge on any atom is 0.231 e. The van der Waals surface area contributed by atoms with E-state index in [9.17, 15) is 0 Å². The van der Waals surface area contributed by atoms with Crippen molar-refractivity contribution in [2.45, 2.75) is 20.0 Å². The molecule has 2 aromatic carbocycles. The van der Waals surface area contributed by atoms with Crippen molar-refractivity contribution >= 4 is 5.69 Å². The maximum absolute atomic E-state index is 5.54. The molecule has 24 heavy (non-hydrogen) atoms. The van der Waals surface area contributed by atoms with E-state index in [1.54, 1.807) is 0 Å². The van der Waals surface area contributed by atoms with Gasteiger partial charge in [-0.05, 0) is 37.6 Å². The lowest BCUT2D eigenvalue weighted by Gasteiger charge is -2.30. The van der Waals surface area contributed by atoms with Gasteiger partial charge in [0.2, 0.25) is 6.79 Å². The number of fused-ring (bicyclic) bond motifs is 4. The molecule has 0 saturated carbocycles. The summed E-state index contributed by atoms with van der Waals surface area (Å²) in [5.41, 5.74) is 6.81. The molecule has 0 saturated heterocycles. The van der Waals surface area contributed by atoms with Gasteiger partial charge in [0.15, 0.2) is 11.5 Å². The Kier molecular flexibility index (Phi) is 2.68. The van der Waals surface area contributed by atoms with Gasteiger partial charge in [0.25, 0.3) is 0 Å². The Morgan fingerprint density at radius 1 is 1.08 bits per heavy atom. The second-order valence-electron chi connectivity index (χ2n) is 6.27. The van der Waals surface area contributed by atoms with Crippen molar-refractivity contribution in [2.75, 3.05) is 12.1 Å². The van der Waals surface area contributed by atoms with Crippen molar-refractivity contribution in [1.82, 2.24) is 9.78 Å². The van der Waals surface area contributed by atoms with Crippen LogP contribution >= 0.6 is 0 Å². The van der Waals surface area contributed by atoms with Gasteiger partial charge in [-0.15, -0.1) is 0 Å². The summed E-state index contributed by atoms with van der Waals surface area (Å²) < 4.78 is 13.0. The number of para-hydroxylation sites is 1. The monoisotopic (exact) mass is 319 g/mol. The Labute approximate surface area is 139 Å². The number of ether oxygens (including phenoxy) is 2. The van der Waals surface area contributed by atoms with E-state index < -0.39 is 0 Å². The van der Waals surface area contributed by atoms with Gasteiger partial charge in [0.1, 0.15) is 6.17 Å². The summed E-state index contributed by atoms with van der Waals surface area (Å²) >= 11 is 0. The van der Waals surface area contributed by atoms with Crippen molar-refractivity contribution in [2.24, 2.45) is 0 Å². The fraction of sp³-hybridized carbons (Fsp3) is 0.211. The summed E-state index contributed by atoms with van der Waals surface area (Å²) in [6, 6.07) is 14.5. The molecule has 120 valence electrons. The molecule has 1 aromatic heterocycles. The molecule has 2 aliphatic heterocycles. The first-order valence-corrected chi connectivity index (χ1v) is 8.03. The van der Waals surface area contributed by atoms with E-state index in [4.69, 9.17) is 14.6 Å². The first-order chi connectivity index (χ1) is 11.7. The summed E-state index contributed by atoms with van der Waals surface area (Å²) in [6.07, 6.45) is -0.0724. The third-order valence-electron chi connectivity index (χ3n) is 4.64. The Morgan fingerprint density at radius 3 is 2.88 bits per heavy atom. The molecular weight excluding hydrogens is 302 g/mol. The Bertz CT molecular complexity index is 961. The molecule has 0 radical (unpaired) electrons. The average Bonchev–Trinajstić information content (AvgIpc) is 3.19. The highest BCUT2D eigenvalue weighted by molar-refractivity contribution is 5.81. The van der Waals surface area contributed by atoms with Crippen molar-refractivity contribution < 1.29 is 9.47 Å². The summed E-state index contributed by atoms with van der Waals surface area (Å²) in [5, 5.41) is 8.36. The van der Waals surface area contributed by atoms with E-state index in [1.807, 2.05) is 19.1 Å². The lowest BCUT2D eigenvalue weighted by Crippen LogP contribution is -2.26.